The molecule has 0 radical (unpaired) electrons. The van der Waals surface area contributed by atoms with Gasteiger partial charge in [0.1, 0.15) is 0 Å². The van der Waals surface area contributed by atoms with E-state index in [0.717, 1.165) is 32.7 Å². The predicted octanol–water partition coefficient (Wildman–Crippen LogP) is 7.30. The van der Waals surface area contributed by atoms with E-state index in [0.29, 0.717) is 32.2 Å². The first-order valence-electron chi connectivity index (χ1n) is 14.8. The lowest BCUT2D eigenvalue weighted by molar-refractivity contribution is -0.113. The van der Waals surface area contributed by atoms with Gasteiger partial charge in [0.2, 0.25) is 0 Å². The lowest BCUT2D eigenvalue weighted by Crippen LogP contribution is -2.40. The Kier molecular flexibility index (Phi) is 7.07. The molecule has 5 aromatic carbocycles. The van der Waals surface area contributed by atoms with Crippen molar-refractivity contribution in [3.8, 4) is 0 Å². The zero-order valence-electron chi connectivity index (χ0n) is 24.7. The first-order valence-corrected chi connectivity index (χ1v) is 15.6. The summed E-state index contributed by atoms with van der Waals surface area (Å²) in [5, 5.41) is 7.42. The number of amides is 1. The number of anilines is 1. The summed E-state index contributed by atoms with van der Waals surface area (Å²) in [6, 6.07) is 35.7. The Morgan fingerprint density at radius 3 is 2.11 bits per heavy atom. The minimum Gasteiger partial charge on any atom is -0.322 e. The first-order chi connectivity index (χ1) is 21.4. The highest BCUT2D eigenvalue weighted by molar-refractivity contribution is 7.07. The summed E-state index contributed by atoms with van der Waals surface area (Å²) >= 11 is 1.36. The monoisotopic (exact) mass is 593 g/mol. The third kappa shape index (κ3) is 4.87. The van der Waals surface area contributed by atoms with E-state index in [4.69, 9.17) is 4.99 Å². The number of allylic oxidation sites excluding steroid dienone is 1. The second kappa shape index (κ2) is 11.2. The topological polar surface area (TPSA) is 63.5 Å². The highest BCUT2D eigenvalue weighted by Gasteiger charge is 2.32. The van der Waals surface area contributed by atoms with Gasteiger partial charge < -0.3 is 5.32 Å². The molecule has 1 N–H and O–H groups in total. The highest BCUT2D eigenvalue weighted by Crippen LogP contribution is 2.32. The average Bonchev–Trinajstić information content (AvgIpc) is 3.34. The Balaban J connectivity index is 1.44. The molecular formula is C38H31N3O2S. The van der Waals surface area contributed by atoms with E-state index in [1.54, 1.807) is 4.57 Å². The number of nitrogens with one attached hydrogen (secondary N) is 1. The van der Waals surface area contributed by atoms with Crippen molar-refractivity contribution < 1.29 is 4.79 Å². The molecule has 216 valence electrons. The molecule has 6 aromatic rings. The molecule has 2 heterocycles. The number of hydrogen-bond acceptors (Lipinski definition) is 4. The zero-order valence-corrected chi connectivity index (χ0v) is 25.6. The molecule has 1 aliphatic rings. The fourth-order valence-corrected chi connectivity index (χ4v) is 7.07. The van der Waals surface area contributed by atoms with E-state index in [9.17, 15) is 9.59 Å². The van der Waals surface area contributed by atoms with Crippen molar-refractivity contribution in [3.05, 3.63) is 157 Å². The number of hydrogen-bond donors (Lipinski definition) is 1. The number of para-hydroxylation sites is 1. The summed E-state index contributed by atoms with van der Waals surface area (Å²) in [6.07, 6.45) is 2.00. The number of aromatic nitrogens is 1. The van der Waals surface area contributed by atoms with E-state index >= 15 is 0 Å². The standard InChI is InChI=1S/C38H31N3O2S/c1-23(2)25-17-19-26(20-18-25)35-34(36(42)40-29-13-5-4-6-14-29)24(3)39-38-41(35)37(43)33(44-38)22-32-30-15-9-7-11-27(30)21-28-12-8-10-16-31(28)32/h4-23,35H,1-3H3,(H,40,42)/t35-/m0/s1. The Morgan fingerprint density at radius 2 is 1.48 bits per heavy atom. The summed E-state index contributed by atoms with van der Waals surface area (Å²) in [7, 11) is 0. The molecule has 0 saturated carbocycles. The third-order valence-electron chi connectivity index (χ3n) is 8.31. The SMILES string of the molecule is CC1=C(C(=O)Nc2ccccc2)[C@H](c2ccc(C(C)C)cc2)n2c(sc(=Cc3c4ccccc4cc4ccccc34)c2=O)=N1. The Bertz CT molecular complexity index is 2220. The summed E-state index contributed by atoms with van der Waals surface area (Å²) in [4.78, 5) is 33.7. The molecule has 7 rings (SSSR count). The summed E-state index contributed by atoms with van der Waals surface area (Å²) in [6.45, 7) is 6.15. The van der Waals surface area contributed by atoms with Crippen LogP contribution in [0.4, 0.5) is 5.69 Å². The van der Waals surface area contributed by atoms with Crippen LogP contribution in [0.15, 0.2) is 130 Å². The van der Waals surface area contributed by atoms with E-state index in [-0.39, 0.29) is 11.5 Å². The van der Waals surface area contributed by atoms with Gasteiger partial charge in [0.05, 0.1) is 21.8 Å². The molecule has 1 amide bonds. The first kappa shape index (κ1) is 27.7. The minimum atomic E-state index is -0.623. The fourth-order valence-electron chi connectivity index (χ4n) is 6.05. The van der Waals surface area contributed by atoms with Gasteiger partial charge in [0.25, 0.3) is 11.5 Å². The number of rotatable bonds is 5. The van der Waals surface area contributed by atoms with E-state index < -0.39 is 6.04 Å². The molecule has 44 heavy (non-hydrogen) atoms. The second-order valence-electron chi connectivity index (χ2n) is 11.5. The highest BCUT2D eigenvalue weighted by atomic mass is 32.1. The maximum atomic E-state index is 14.4. The van der Waals surface area contributed by atoms with Crippen LogP contribution in [0, 0.1) is 0 Å². The molecular weight excluding hydrogens is 563 g/mol. The third-order valence-corrected chi connectivity index (χ3v) is 9.29. The lowest BCUT2D eigenvalue weighted by Gasteiger charge is -2.25. The number of benzene rings is 5. The van der Waals surface area contributed by atoms with Crippen LogP contribution in [0.5, 0.6) is 0 Å². The molecule has 0 bridgehead atoms. The van der Waals surface area contributed by atoms with Gasteiger partial charge in [-0.05, 0) is 75.4 Å². The zero-order chi connectivity index (χ0) is 30.4. The maximum absolute atomic E-state index is 14.4. The smallest absolute Gasteiger partial charge is 0.271 e. The second-order valence-corrected chi connectivity index (χ2v) is 12.5. The van der Waals surface area contributed by atoms with Gasteiger partial charge in [0.15, 0.2) is 4.80 Å². The van der Waals surface area contributed by atoms with Crippen molar-refractivity contribution in [1.82, 2.24) is 4.57 Å². The molecule has 0 unspecified atom stereocenters. The van der Waals surface area contributed by atoms with Crippen LogP contribution >= 0.6 is 11.3 Å². The largest absolute Gasteiger partial charge is 0.322 e. The van der Waals surface area contributed by atoms with Gasteiger partial charge in [-0.25, -0.2) is 4.99 Å². The quantitative estimate of drug-likeness (QED) is 0.213. The molecule has 6 heteroatoms. The molecule has 0 fully saturated rings. The number of carbonyl (C=O) groups excluding carboxylic acids is 1. The van der Waals surface area contributed by atoms with Crippen LogP contribution < -0.4 is 20.2 Å². The van der Waals surface area contributed by atoms with Gasteiger partial charge in [0, 0.05) is 5.69 Å². The van der Waals surface area contributed by atoms with Gasteiger partial charge in [-0.2, -0.15) is 0 Å². The normalized spacial score (nSPS) is 15.1. The number of carbonyl (C=O) groups is 1. The van der Waals surface area contributed by atoms with Crippen molar-refractivity contribution >= 4 is 50.6 Å². The van der Waals surface area contributed by atoms with Crippen molar-refractivity contribution in [2.24, 2.45) is 4.99 Å². The molecule has 1 atom stereocenters. The van der Waals surface area contributed by atoms with Crippen LogP contribution in [-0.4, -0.2) is 10.5 Å². The lowest BCUT2D eigenvalue weighted by atomic mass is 9.93. The minimum absolute atomic E-state index is 0.166. The van der Waals surface area contributed by atoms with Gasteiger partial charge in [-0.15, -0.1) is 0 Å². The summed E-state index contributed by atoms with van der Waals surface area (Å²) in [5.74, 6) is 0.0874. The molecule has 1 aliphatic heterocycles. The van der Waals surface area contributed by atoms with Crippen LogP contribution in [0.3, 0.4) is 0 Å². The van der Waals surface area contributed by atoms with Crippen LogP contribution in [0.25, 0.3) is 27.6 Å². The van der Waals surface area contributed by atoms with Crippen LogP contribution in [0.1, 0.15) is 49.4 Å². The van der Waals surface area contributed by atoms with Crippen molar-refractivity contribution in [3.63, 3.8) is 0 Å². The van der Waals surface area contributed by atoms with E-state index in [2.05, 4.69) is 61.6 Å². The molecule has 5 nitrogen and oxygen atoms in total. The van der Waals surface area contributed by atoms with Crippen LogP contribution in [0.2, 0.25) is 0 Å². The average molecular weight is 594 g/mol. The molecule has 0 saturated heterocycles. The van der Waals surface area contributed by atoms with Gasteiger partial charge >= 0.3 is 0 Å². The number of fused-ring (bicyclic) bond motifs is 3. The van der Waals surface area contributed by atoms with Crippen molar-refractivity contribution in [2.75, 3.05) is 5.32 Å². The fraction of sp³-hybridized carbons (Fsp3) is 0.132. The van der Waals surface area contributed by atoms with Crippen molar-refractivity contribution in [2.45, 2.75) is 32.7 Å². The van der Waals surface area contributed by atoms with Crippen LogP contribution in [-0.2, 0) is 4.79 Å². The maximum Gasteiger partial charge on any atom is 0.271 e. The Hall–Kier alpha value is -5.07. The van der Waals surface area contributed by atoms with E-state index in [1.165, 1.54) is 16.9 Å². The molecule has 0 spiro atoms. The Labute approximate surface area is 259 Å². The molecule has 1 aromatic heterocycles. The number of thiazole rings is 1. The number of nitrogens with zero attached hydrogens (tertiary/aromatic N) is 2. The molecule has 0 aliphatic carbocycles. The predicted molar refractivity (Wildman–Crippen MR) is 181 cm³/mol. The van der Waals surface area contributed by atoms with Gasteiger partial charge in [-0.3, -0.25) is 14.2 Å². The van der Waals surface area contributed by atoms with E-state index in [1.807, 2.05) is 79.7 Å². The summed E-state index contributed by atoms with van der Waals surface area (Å²) < 4.78 is 2.27. The Morgan fingerprint density at radius 1 is 0.864 bits per heavy atom. The van der Waals surface area contributed by atoms with Crippen molar-refractivity contribution in [1.29, 1.82) is 0 Å². The summed E-state index contributed by atoms with van der Waals surface area (Å²) in [5.41, 5.74) is 4.64. The van der Waals surface area contributed by atoms with Gasteiger partial charge in [-0.1, -0.05) is 116 Å².